The Hall–Kier alpha value is -0.790. The molecule has 2 rings (SSSR count). The Kier molecular flexibility index (Phi) is 4.32. The first-order chi connectivity index (χ1) is 9.25. The molecule has 0 aliphatic rings. The summed E-state index contributed by atoms with van der Waals surface area (Å²) in [6.07, 6.45) is 0. The van der Waals surface area contributed by atoms with Crippen LogP contribution in [0.1, 0.15) is 54.1 Å². The van der Waals surface area contributed by atoms with Crippen LogP contribution < -0.4 is 0 Å². The second-order valence-corrected chi connectivity index (χ2v) is 7.51. The van der Waals surface area contributed by atoms with Crippen LogP contribution in [0.15, 0.2) is 6.07 Å². The van der Waals surface area contributed by atoms with E-state index in [9.17, 15) is 0 Å². The predicted molar refractivity (Wildman–Crippen MR) is 91.6 cm³/mol. The molecule has 0 N–H and O–H groups in total. The quantitative estimate of drug-likeness (QED) is 0.576. The first-order valence-electron chi connectivity index (χ1n) is 7.03. The van der Waals surface area contributed by atoms with Gasteiger partial charge in [-0.15, -0.1) is 22.9 Å². The SMILES string of the molecule is Cc1cc(C(Cl)c2c(C)c(C)c(C)c(C)c2C)sc1C. The van der Waals surface area contributed by atoms with E-state index in [0.717, 1.165) is 0 Å². The van der Waals surface area contributed by atoms with Gasteiger partial charge in [0, 0.05) is 9.75 Å². The lowest BCUT2D eigenvalue weighted by Crippen LogP contribution is -2.05. The van der Waals surface area contributed by atoms with Crippen LogP contribution in [0.5, 0.6) is 0 Å². The van der Waals surface area contributed by atoms with E-state index in [1.54, 1.807) is 0 Å². The molecule has 1 atom stereocenters. The second kappa shape index (κ2) is 5.54. The maximum Gasteiger partial charge on any atom is 0.0933 e. The molecule has 0 bridgehead atoms. The van der Waals surface area contributed by atoms with Crippen molar-refractivity contribution in [3.8, 4) is 0 Å². The van der Waals surface area contributed by atoms with E-state index in [0.29, 0.717) is 0 Å². The normalized spacial score (nSPS) is 12.8. The van der Waals surface area contributed by atoms with E-state index < -0.39 is 0 Å². The van der Waals surface area contributed by atoms with Crippen molar-refractivity contribution in [1.29, 1.82) is 0 Å². The highest BCUT2D eigenvalue weighted by Crippen LogP contribution is 2.40. The number of aryl methyl sites for hydroxylation is 2. The molecule has 0 aliphatic carbocycles. The van der Waals surface area contributed by atoms with Gasteiger partial charge in [-0.1, -0.05) is 0 Å². The molecule has 0 spiro atoms. The van der Waals surface area contributed by atoms with Crippen molar-refractivity contribution >= 4 is 22.9 Å². The first kappa shape index (κ1) is 15.6. The van der Waals surface area contributed by atoms with Gasteiger partial charge in [0.05, 0.1) is 5.38 Å². The standard InChI is InChI=1S/C18H23ClS/c1-9-8-16(20-15(9)7)18(19)17-13(5)11(3)10(2)12(4)14(17)6/h8,18H,1-7H3. The zero-order valence-corrected chi connectivity index (χ0v) is 15.0. The number of benzene rings is 1. The van der Waals surface area contributed by atoms with Crippen LogP contribution >= 0.6 is 22.9 Å². The highest BCUT2D eigenvalue weighted by molar-refractivity contribution is 7.12. The fraction of sp³-hybridized carbons (Fsp3) is 0.444. The van der Waals surface area contributed by atoms with Gasteiger partial charge in [-0.05, 0) is 93.5 Å². The van der Waals surface area contributed by atoms with Crippen molar-refractivity contribution < 1.29 is 0 Å². The van der Waals surface area contributed by atoms with Gasteiger partial charge in [0.2, 0.25) is 0 Å². The number of hydrogen-bond acceptors (Lipinski definition) is 1. The summed E-state index contributed by atoms with van der Waals surface area (Å²) in [6, 6.07) is 2.24. The molecule has 2 aromatic rings. The summed E-state index contributed by atoms with van der Waals surface area (Å²) in [4.78, 5) is 2.62. The smallest absolute Gasteiger partial charge is 0.0933 e. The van der Waals surface area contributed by atoms with Crippen molar-refractivity contribution in [1.82, 2.24) is 0 Å². The third-order valence-electron chi connectivity index (χ3n) is 4.75. The van der Waals surface area contributed by atoms with Gasteiger partial charge in [0.1, 0.15) is 0 Å². The number of thiophene rings is 1. The minimum atomic E-state index is -0.0367. The maximum absolute atomic E-state index is 6.83. The van der Waals surface area contributed by atoms with Crippen LogP contribution in [-0.4, -0.2) is 0 Å². The molecule has 1 aromatic carbocycles. The minimum absolute atomic E-state index is 0.0367. The summed E-state index contributed by atoms with van der Waals surface area (Å²) in [6.45, 7) is 15.3. The molecule has 0 nitrogen and oxygen atoms in total. The Morgan fingerprint density at radius 1 is 0.800 bits per heavy atom. The van der Waals surface area contributed by atoms with Crippen LogP contribution in [-0.2, 0) is 0 Å². The topological polar surface area (TPSA) is 0 Å². The molecule has 0 radical (unpaired) electrons. The van der Waals surface area contributed by atoms with Gasteiger partial charge in [-0.2, -0.15) is 0 Å². The fourth-order valence-corrected chi connectivity index (χ4v) is 4.33. The van der Waals surface area contributed by atoms with Crippen LogP contribution in [0.3, 0.4) is 0 Å². The van der Waals surface area contributed by atoms with Crippen LogP contribution in [0.2, 0.25) is 0 Å². The third kappa shape index (κ3) is 2.42. The summed E-state index contributed by atoms with van der Waals surface area (Å²) >= 11 is 8.65. The monoisotopic (exact) mass is 306 g/mol. The van der Waals surface area contributed by atoms with Crippen molar-refractivity contribution in [3.63, 3.8) is 0 Å². The molecule has 0 aliphatic heterocycles. The Balaban J connectivity index is 2.63. The fourth-order valence-electron chi connectivity index (χ4n) is 2.78. The van der Waals surface area contributed by atoms with Crippen molar-refractivity contribution in [3.05, 3.63) is 54.8 Å². The highest BCUT2D eigenvalue weighted by Gasteiger charge is 2.21. The van der Waals surface area contributed by atoms with E-state index in [1.165, 1.54) is 48.7 Å². The van der Waals surface area contributed by atoms with Gasteiger partial charge >= 0.3 is 0 Å². The molecule has 20 heavy (non-hydrogen) atoms. The predicted octanol–water partition coefficient (Wildman–Crippen LogP) is 6.24. The van der Waals surface area contributed by atoms with Gasteiger partial charge in [-0.25, -0.2) is 0 Å². The lowest BCUT2D eigenvalue weighted by atomic mass is 9.88. The van der Waals surface area contributed by atoms with E-state index in [2.05, 4.69) is 54.5 Å². The van der Waals surface area contributed by atoms with Crippen molar-refractivity contribution in [2.24, 2.45) is 0 Å². The summed E-state index contributed by atoms with van der Waals surface area (Å²) < 4.78 is 0. The Morgan fingerprint density at radius 3 is 1.65 bits per heavy atom. The van der Waals surface area contributed by atoms with E-state index in [4.69, 9.17) is 11.6 Å². The third-order valence-corrected chi connectivity index (χ3v) is 6.55. The highest BCUT2D eigenvalue weighted by atomic mass is 35.5. The number of rotatable bonds is 2. The Bertz CT molecular complexity index is 616. The van der Waals surface area contributed by atoms with Crippen molar-refractivity contribution in [2.45, 2.75) is 53.8 Å². The van der Waals surface area contributed by atoms with E-state index in [-0.39, 0.29) is 5.38 Å². The zero-order valence-electron chi connectivity index (χ0n) is 13.4. The average molecular weight is 307 g/mol. The lowest BCUT2D eigenvalue weighted by molar-refractivity contribution is 1.05. The summed E-state index contributed by atoms with van der Waals surface area (Å²) in [5, 5.41) is -0.0367. The maximum atomic E-state index is 6.83. The Labute approximate surface area is 131 Å². The van der Waals surface area contributed by atoms with Gasteiger partial charge in [0.15, 0.2) is 0 Å². The number of halogens is 1. The Morgan fingerprint density at radius 2 is 1.25 bits per heavy atom. The lowest BCUT2D eigenvalue weighted by Gasteiger charge is -2.21. The molecule has 1 aromatic heterocycles. The molecule has 1 heterocycles. The molecular formula is C18H23ClS. The molecule has 0 amide bonds. The van der Waals surface area contributed by atoms with E-state index >= 15 is 0 Å². The van der Waals surface area contributed by atoms with Crippen LogP contribution in [0, 0.1) is 48.5 Å². The van der Waals surface area contributed by atoms with E-state index in [1.807, 2.05) is 11.3 Å². The average Bonchev–Trinajstić information content (AvgIpc) is 2.74. The zero-order chi connectivity index (χ0) is 15.2. The van der Waals surface area contributed by atoms with Crippen LogP contribution in [0.4, 0.5) is 0 Å². The van der Waals surface area contributed by atoms with Gasteiger partial charge in [0.25, 0.3) is 0 Å². The summed E-state index contributed by atoms with van der Waals surface area (Å²) in [5.41, 5.74) is 9.47. The molecule has 0 saturated carbocycles. The molecular weight excluding hydrogens is 284 g/mol. The first-order valence-corrected chi connectivity index (χ1v) is 8.28. The molecule has 0 fully saturated rings. The minimum Gasteiger partial charge on any atom is -0.143 e. The van der Waals surface area contributed by atoms with Gasteiger partial charge < -0.3 is 0 Å². The van der Waals surface area contributed by atoms with Crippen molar-refractivity contribution in [2.75, 3.05) is 0 Å². The largest absolute Gasteiger partial charge is 0.143 e. The summed E-state index contributed by atoms with van der Waals surface area (Å²) in [7, 11) is 0. The van der Waals surface area contributed by atoms with Crippen LogP contribution in [0.25, 0.3) is 0 Å². The van der Waals surface area contributed by atoms with Gasteiger partial charge in [-0.3, -0.25) is 0 Å². The molecule has 2 heteroatoms. The summed E-state index contributed by atoms with van der Waals surface area (Å²) in [5.74, 6) is 0. The molecule has 0 saturated heterocycles. The molecule has 108 valence electrons. The molecule has 1 unspecified atom stereocenters. The number of alkyl halides is 1. The number of hydrogen-bond donors (Lipinski definition) is 0. The second-order valence-electron chi connectivity index (χ2n) is 5.79.